The Bertz CT molecular complexity index is 1320. The molecule has 2 unspecified atom stereocenters. The van der Waals surface area contributed by atoms with E-state index in [1.165, 1.54) is 31.2 Å². The minimum atomic E-state index is -4.66. The Kier molecular flexibility index (Phi) is 8.34. The predicted octanol–water partition coefficient (Wildman–Crippen LogP) is 1.80. The summed E-state index contributed by atoms with van der Waals surface area (Å²) in [5.74, 6) is -3.97. The molecule has 1 aromatic carbocycles. The molecule has 0 aliphatic carbocycles. The van der Waals surface area contributed by atoms with Crippen LogP contribution in [0.25, 0.3) is 0 Å². The number of alkyl halides is 1. The number of nitrogens with two attached hydrogens (primary N) is 1. The summed E-state index contributed by atoms with van der Waals surface area (Å²) in [5.41, 5.74) is 0.937. The zero-order chi connectivity index (χ0) is 30.0. The maximum Gasteiger partial charge on any atom is 0.380 e. The van der Waals surface area contributed by atoms with Gasteiger partial charge in [-0.2, -0.15) is 4.98 Å². The van der Waals surface area contributed by atoms with Gasteiger partial charge in [0.2, 0.25) is 0 Å². The molecule has 0 bridgehead atoms. The molecule has 2 aromatic rings. The van der Waals surface area contributed by atoms with Gasteiger partial charge in [0.1, 0.15) is 24.6 Å². The lowest BCUT2D eigenvalue weighted by molar-refractivity contribution is -0.151. The van der Waals surface area contributed by atoms with Crippen LogP contribution in [0.3, 0.4) is 0 Å². The van der Waals surface area contributed by atoms with Crippen LogP contribution >= 0.6 is 7.60 Å². The lowest BCUT2D eigenvalue weighted by atomic mass is 9.95. The fourth-order valence-electron chi connectivity index (χ4n) is 3.53. The number of rotatable bonds is 11. The molecule has 1 aliphatic heterocycles. The summed E-state index contributed by atoms with van der Waals surface area (Å²) in [6.07, 6.45) is -7.73. The Morgan fingerprint density at radius 2 is 2.03 bits per heavy atom. The third-order valence-corrected chi connectivity index (χ3v) is 7.32. The number of hydrogen-bond acceptors (Lipinski definition) is 11. The first-order chi connectivity index (χ1) is 18.5. The van der Waals surface area contributed by atoms with Gasteiger partial charge in [-0.25, -0.2) is 18.1 Å². The third kappa shape index (κ3) is 6.56. The van der Waals surface area contributed by atoms with Crippen molar-refractivity contribution in [2.24, 2.45) is 5.92 Å². The molecule has 0 saturated carbocycles. The summed E-state index contributed by atoms with van der Waals surface area (Å²) in [7, 11) is -4.66. The maximum absolute atomic E-state index is 14.1. The number of benzene rings is 1. The van der Waals surface area contributed by atoms with E-state index < -0.39 is 86.3 Å². The molecule has 1 fully saturated rings. The predicted molar refractivity (Wildman–Crippen MR) is 130 cm³/mol. The van der Waals surface area contributed by atoms with Crippen LogP contribution < -0.4 is 15.9 Å². The molecule has 0 radical (unpaired) electrons. The number of hydrogen-bond donors (Lipinski definition) is 3. The van der Waals surface area contributed by atoms with Gasteiger partial charge in [0.25, 0.3) is 0 Å². The highest BCUT2D eigenvalue weighted by molar-refractivity contribution is 7.54. The number of carbonyl (C=O) groups excluding carboxylic acids is 1. The van der Waals surface area contributed by atoms with Crippen molar-refractivity contribution in [3.05, 3.63) is 52.8 Å². The van der Waals surface area contributed by atoms with Crippen molar-refractivity contribution in [1.29, 1.82) is 0 Å². The van der Waals surface area contributed by atoms with E-state index in [4.69, 9.17) is 27.0 Å². The van der Waals surface area contributed by atoms with Crippen molar-refractivity contribution in [3.63, 3.8) is 0 Å². The number of para-hydroxylation sites is 1. The zero-order valence-electron chi connectivity index (χ0n) is 22.7. The number of aliphatic hydroxyl groups excluding tert-OH is 1. The molecule has 0 spiro atoms. The van der Waals surface area contributed by atoms with Crippen molar-refractivity contribution < 1.29 is 49.6 Å². The van der Waals surface area contributed by atoms with Crippen LogP contribution in [0.15, 0.2) is 41.3 Å². The molecule has 1 saturated heterocycles. The monoisotopic (exact) mass is 563 g/mol. The number of carbonyl (C=O) groups is 1. The van der Waals surface area contributed by atoms with Crippen molar-refractivity contribution >= 4 is 19.4 Å². The second kappa shape index (κ2) is 11.9. The summed E-state index contributed by atoms with van der Waals surface area (Å²) in [6, 6.07) is 7.45. The Morgan fingerprint density at radius 1 is 1.37 bits per heavy atom. The summed E-state index contributed by atoms with van der Waals surface area (Å²) < 4.78 is 80.3. The zero-order valence-corrected chi connectivity index (χ0v) is 21.6. The van der Waals surface area contributed by atoms with E-state index in [9.17, 15) is 33.1 Å². The Balaban J connectivity index is 1.97. The number of anilines is 1. The molecule has 4 N–H and O–H groups in total. The van der Waals surface area contributed by atoms with E-state index in [1.807, 2.05) is 0 Å². The van der Waals surface area contributed by atoms with Crippen LogP contribution in [-0.2, 0) is 23.4 Å². The van der Waals surface area contributed by atoms with Crippen LogP contribution in [0, 0.1) is 11.7 Å². The van der Waals surface area contributed by atoms with Gasteiger partial charge in [0.05, 0.1) is 33.7 Å². The number of ether oxygens (including phenoxy) is 2. The fourth-order valence-corrected chi connectivity index (χ4v) is 5.25. The van der Waals surface area contributed by atoms with Gasteiger partial charge in [-0.05, 0) is 26.0 Å². The van der Waals surface area contributed by atoms with Crippen molar-refractivity contribution in [2.75, 3.05) is 25.1 Å². The fraction of sp³-hybridized carbons (Fsp3) is 0.522. The highest BCUT2D eigenvalue weighted by Crippen LogP contribution is 2.51. The van der Waals surface area contributed by atoms with Crippen LogP contribution in [0.4, 0.5) is 14.6 Å². The lowest BCUT2D eigenvalue weighted by Crippen LogP contribution is -2.50. The SMILES string of the molecule is [2H]C([2H])(OP(=O)(C[C@@H](C)C(=O)OC(C)C)Oc1ccccc1)[C@H]1O[C@@H](n2cc(F)c(N)nc2=O)C(O)(CF)[C@H]1O. The molecule has 12 nitrogen and oxygen atoms in total. The average Bonchev–Trinajstić information content (AvgIpc) is 3.12. The smallest absolute Gasteiger partial charge is 0.380 e. The van der Waals surface area contributed by atoms with E-state index in [0.29, 0.717) is 6.20 Å². The first-order valence-corrected chi connectivity index (χ1v) is 13.2. The molecule has 1 aliphatic rings. The van der Waals surface area contributed by atoms with Crippen molar-refractivity contribution in [2.45, 2.75) is 50.9 Å². The second-order valence-electron chi connectivity index (χ2n) is 8.94. The van der Waals surface area contributed by atoms with E-state index in [1.54, 1.807) is 19.9 Å². The van der Waals surface area contributed by atoms with Crippen LogP contribution in [0.2, 0.25) is 0 Å². The van der Waals surface area contributed by atoms with Crippen LogP contribution in [0.1, 0.15) is 29.7 Å². The number of nitrogens with zero attached hydrogens (tertiary/aromatic N) is 2. The topological polar surface area (TPSA) is 172 Å². The van der Waals surface area contributed by atoms with Gasteiger partial charge in [-0.3, -0.25) is 13.9 Å². The number of nitrogen functional groups attached to an aromatic ring is 1. The van der Waals surface area contributed by atoms with E-state index in [2.05, 4.69) is 4.98 Å². The quantitative estimate of drug-likeness (QED) is 0.269. The molecular weight excluding hydrogens is 531 g/mol. The van der Waals surface area contributed by atoms with Gasteiger partial charge in [-0.1, -0.05) is 25.1 Å². The number of aliphatic hydroxyl groups is 2. The minimum Gasteiger partial charge on any atom is -0.463 e. The van der Waals surface area contributed by atoms with Gasteiger partial charge < -0.3 is 29.9 Å². The van der Waals surface area contributed by atoms with Crippen molar-refractivity contribution in [1.82, 2.24) is 9.55 Å². The van der Waals surface area contributed by atoms with Gasteiger partial charge >= 0.3 is 19.3 Å². The van der Waals surface area contributed by atoms with Gasteiger partial charge in [0.15, 0.2) is 23.5 Å². The summed E-state index contributed by atoms with van der Waals surface area (Å²) in [4.78, 5) is 27.9. The summed E-state index contributed by atoms with van der Waals surface area (Å²) in [6.45, 7) is -0.574. The van der Waals surface area contributed by atoms with E-state index in [-0.39, 0.29) is 10.3 Å². The Morgan fingerprint density at radius 3 is 2.63 bits per heavy atom. The van der Waals surface area contributed by atoms with E-state index in [0.717, 1.165) is 0 Å². The molecule has 3 rings (SSSR count). The summed E-state index contributed by atoms with van der Waals surface area (Å²) >= 11 is 0. The molecule has 2 heterocycles. The molecule has 210 valence electrons. The molecular formula is C23H30F2N3O9P. The highest BCUT2D eigenvalue weighted by atomic mass is 31.2. The molecule has 6 atom stereocenters. The summed E-state index contributed by atoms with van der Waals surface area (Å²) in [5, 5.41) is 21.6. The first kappa shape index (κ1) is 26.7. The molecule has 15 heteroatoms. The average molecular weight is 563 g/mol. The van der Waals surface area contributed by atoms with Gasteiger partial charge in [0, 0.05) is 0 Å². The minimum absolute atomic E-state index is 0.0212. The number of aromatic nitrogens is 2. The maximum atomic E-state index is 14.1. The largest absolute Gasteiger partial charge is 0.463 e. The Hall–Kier alpha value is -2.90. The van der Waals surface area contributed by atoms with Gasteiger partial charge in [-0.15, -0.1) is 0 Å². The van der Waals surface area contributed by atoms with Crippen LogP contribution in [-0.4, -0.2) is 69.0 Å². The number of esters is 1. The van der Waals surface area contributed by atoms with E-state index >= 15 is 0 Å². The van der Waals surface area contributed by atoms with Crippen molar-refractivity contribution in [3.8, 4) is 5.75 Å². The molecule has 38 heavy (non-hydrogen) atoms. The first-order valence-electron chi connectivity index (χ1n) is 12.4. The second-order valence-corrected chi connectivity index (χ2v) is 10.9. The number of halogens is 2. The Labute approximate surface area is 219 Å². The normalized spacial score (nSPS) is 26.8. The molecule has 0 amide bonds. The highest BCUT2D eigenvalue weighted by Gasteiger charge is 2.57. The lowest BCUT2D eigenvalue weighted by Gasteiger charge is -2.28. The molecule has 1 aromatic heterocycles. The van der Waals surface area contributed by atoms with Crippen LogP contribution in [0.5, 0.6) is 5.75 Å². The standard InChI is InChI=1S/C23H30F2N3O9P/c1-13(2)35-20(30)14(3)11-38(33,37-15-7-5-4-6-8-15)34-10-17-18(29)23(32,12-24)21(36-17)28-9-16(25)19(26)27-22(28)31/h4-9,13-14,17-18,21,29,32H,10-12H2,1-3H3,(H2,26,27,31)/t14-,17-,18+,21-,23?,38?/m1/s1/i10D2. The third-order valence-electron chi connectivity index (χ3n) is 5.45.